The fourth-order valence-electron chi connectivity index (χ4n) is 3.29. The van der Waals surface area contributed by atoms with E-state index in [-0.39, 0.29) is 6.61 Å². The number of hydrogen-bond donors (Lipinski definition) is 1. The van der Waals surface area contributed by atoms with Crippen LogP contribution in [0, 0.1) is 20.8 Å². The second-order valence-corrected chi connectivity index (χ2v) is 7.11. The number of esters is 1. The fraction of sp³-hybridized carbons (Fsp3) is 0.304. The molecule has 0 amide bonds. The van der Waals surface area contributed by atoms with E-state index < -0.39 is 11.6 Å². The number of aromatic nitrogens is 2. The van der Waals surface area contributed by atoms with E-state index in [4.69, 9.17) is 4.74 Å². The van der Waals surface area contributed by atoms with E-state index in [1.165, 1.54) is 0 Å². The van der Waals surface area contributed by atoms with E-state index >= 15 is 0 Å². The van der Waals surface area contributed by atoms with Crippen LogP contribution in [0.15, 0.2) is 60.9 Å². The summed E-state index contributed by atoms with van der Waals surface area (Å²) in [6.45, 7) is 6.71. The topological polar surface area (TPSA) is 64.3 Å². The molecule has 0 fully saturated rings. The number of carbonyl (C=O) groups excluding carboxylic acids is 1. The van der Waals surface area contributed by atoms with Gasteiger partial charge in [-0.15, -0.1) is 0 Å². The minimum Gasteiger partial charge on any atom is -0.463 e. The molecule has 146 valence electrons. The lowest BCUT2D eigenvalue weighted by atomic mass is 9.85. The van der Waals surface area contributed by atoms with Gasteiger partial charge in [0.05, 0.1) is 6.61 Å². The molecule has 0 saturated heterocycles. The molecule has 0 aliphatic carbocycles. The van der Waals surface area contributed by atoms with Crippen LogP contribution in [-0.4, -0.2) is 27.2 Å². The van der Waals surface area contributed by atoms with Crippen LogP contribution in [0.4, 0.5) is 0 Å². The van der Waals surface area contributed by atoms with Crippen LogP contribution >= 0.6 is 0 Å². The molecule has 0 atom stereocenters. The van der Waals surface area contributed by atoms with Crippen LogP contribution in [0.25, 0.3) is 0 Å². The molecule has 28 heavy (non-hydrogen) atoms. The second kappa shape index (κ2) is 8.40. The van der Waals surface area contributed by atoms with Gasteiger partial charge >= 0.3 is 5.97 Å². The van der Waals surface area contributed by atoms with Crippen molar-refractivity contribution >= 4 is 5.97 Å². The van der Waals surface area contributed by atoms with E-state index in [0.29, 0.717) is 24.1 Å². The quantitative estimate of drug-likeness (QED) is 0.503. The molecule has 0 aliphatic heterocycles. The summed E-state index contributed by atoms with van der Waals surface area (Å²) in [5, 5.41) is 11.5. The zero-order valence-electron chi connectivity index (χ0n) is 16.6. The van der Waals surface area contributed by atoms with Crippen LogP contribution in [0.3, 0.4) is 0 Å². The summed E-state index contributed by atoms with van der Waals surface area (Å²) in [6.07, 6.45) is 4.28. The number of hydrogen-bond acceptors (Lipinski definition) is 4. The normalized spacial score (nSPS) is 11.4. The number of imidazole rings is 1. The summed E-state index contributed by atoms with van der Waals surface area (Å²) in [4.78, 5) is 17.2. The monoisotopic (exact) mass is 378 g/mol. The van der Waals surface area contributed by atoms with Gasteiger partial charge in [-0.05, 0) is 38.3 Å². The Morgan fingerprint density at radius 2 is 1.68 bits per heavy atom. The summed E-state index contributed by atoms with van der Waals surface area (Å²) in [5.41, 5.74) is 1.10. The largest absolute Gasteiger partial charge is 0.463 e. The first-order valence-corrected chi connectivity index (χ1v) is 9.43. The van der Waals surface area contributed by atoms with Crippen molar-refractivity contribution in [2.75, 3.05) is 6.61 Å². The van der Waals surface area contributed by atoms with Gasteiger partial charge in [0.2, 0.25) is 5.60 Å². The molecule has 0 aliphatic rings. The zero-order chi connectivity index (χ0) is 20.1. The average Bonchev–Trinajstić information content (AvgIpc) is 3.09. The molecule has 1 N–H and O–H groups in total. The Morgan fingerprint density at radius 3 is 2.18 bits per heavy atom. The third-order valence-corrected chi connectivity index (χ3v) is 4.87. The summed E-state index contributed by atoms with van der Waals surface area (Å²) in [5.74, 6) is 0.258. The number of rotatable bonds is 7. The van der Waals surface area contributed by atoms with Gasteiger partial charge < -0.3 is 14.4 Å². The Kier molecular flexibility index (Phi) is 5.95. The lowest BCUT2D eigenvalue weighted by molar-refractivity contribution is -0.162. The number of aryl methyl sites for hydroxylation is 4. The van der Waals surface area contributed by atoms with Crippen LogP contribution < -0.4 is 0 Å². The van der Waals surface area contributed by atoms with Gasteiger partial charge in [-0.25, -0.2) is 9.78 Å². The van der Waals surface area contributed by atoms with E-state index in [0.717, 1.165) is 17.0 Å². The van der Waals surface area contributed by atoms with Gasteiger partial charge in [0, 0.05) is 18.9 Å². The molecule has 5 heteroatoms. The number of aliphatic hydroxyl groups is 1. The smallest absolute Gasteiger partial charge is 0.347 e. The van der Waals surface area contributed by atoms with Crippen molar-refractivity contribution in [3.63, 3.8) is 0 Å². The lowest BCUT2D eigenvalue weighted by Gasteiger charge is -2.27. The lowest BCUT2D eigenvalue weighted by Crippen LogP contribution is -2.39. The molecule has 2 aromatic carbocycles. The SMILES string of the molecule is Cc1cccc(C(O)(C(=O)OCCCn2ccnc2C)c2cccc(C)c2)c1. The first-order chi connectivity index (χ1) is 13.4. The fourth-order valence-corrected chi connectivity index (χ4v) is 3.29. The van der Waals surface area contributed by atoms with E-state index in [1.54, 1.807) is 18.3 Å². The van der Waals surface area contributed by atoms with E-state index in [2.05, 4.69) is 4.98 Å². The average molecular weight is 378 g/mol. The Morgan fingerprint density at radius 1 is 1.07 bits per heavy atom. The number of carbonyl (C=O) groups is 1. The Balaban J connectivity index is 1.80. The zero-order valence-corrected chi connectivity index (χ0v) is 16.6. The van der Waals surface area contributed by atoms with Gasteiger partial charge in [0.25, 0.3) is 0 Å². The Hall–Kier alpha value is -2.92. The van der Waals surface area contributed by atoms with Crippen LogP contribution in [-0.2, 0) is 21.7 Å². The minimum absolute atomic E-state index is 0.219. The Labute approximate surface area is 165 Å². The van der Waals surface area contributed by atoms with E-state index in [9.17, 15) is 9.90 Å². The molecule has 3 aromatic rings. The summed E-state index contributed by atoms with van der Waals surface area (Å²) >= 11 is 0. The van der Waals surface area contributed by atoms with Gasteiger partial charge in [-0.2, -0.15) is 0 Å². The van der Waals surface area contributed by atoms with Crippen molar-refractivity contribution in [3.05, 3.63) is 89.0 Å². The molecule has 3 rings (SSSR count). The number of ether oxygens (including phenoxy) is 1. The molecule has 1 heterocycles. The van der Waals surface area contributed by atoms with Gasteiger partial charge in [-0.1, -0.05) is 59.7 Å². The molecule has 5 nitrogen and oxygen atoms in total. The maximum absolute atomic E-state index is 13.0. The molecule has 0 unspecified atom stereocenters. The first kappa shape index (κ1) is 19.8. The molecule has 0 spiro atoms. The highest BCUT2D eigenvalue weighted by Crippen LogP contribution is 2.32. The van der Waals surface area contributed by atoms with Crippen LogP contribution in [0.2, 0.25) is 0 Å². The molecular formula is C23H26N2O3. The van der Waals surface area contributed by atoms with Crippen LogP contribution in [0.5, 0.6) is 0 Å². The summed E-state index contributed by atoms with van der Waals surface area (Å²) in [6, 6.07) is 14.7. The predicted octanol–water partition coefficient (Wildman–Crippen LogP) is 3.68. The number of benzene rings is 2. The maximum atomic E-state index is 13.0. The van der Waals surface area contributed by atoms with Crippen molar-refractivity contribution in [2.45, 2.75) is 39.3 Å². The first-order valence-electron chi connectivity index (χ1n) is 9.43. The second-order valence-electron chi connectivity index (χ2n) is 7.11. The minimum atomic E-state index is -1.84. The summed E-state index contributed by atoms with van der Waals surface area (Å²) < 4.78 is 7.51. The van der Waals surface area contributed by atoms with Crippen molar-refractivity contribution in [2.24, 2.45) is 0 Å². The van der Waals surface area contributed by atoms with Crippen LogP contribution in [0.1, 0.15) is 34.5 Å². The standard InChI is InChI=1S/C23H26N2O3/c1-17-7-4-9-20(15-17)23(27,21-10-5-8-18(2)16-21)22(26)28-14-6-12-25-13-11-24-19(25)3/h4-5,7-11,13,15-16,27H,6,12,14H2,1-3H3. The molecule has 0 bridgehead atoms. The molecular weight excluding hydrogens is 352 g/mol. The molecule has 0 saturated carbocycles. The predicted molar refractivity (Wildman–Crippen MR) is 108 cm³/mol. The molecule has 0 radical (unpaired) electrons. The third kappa shape index (κ3) is 4.15. The van der Waals surface area contributed by atoms with E-state index in [1.807, 2.05) is 67.9 Å². The highest BCUT2D eigenvalue weighted by molar-refractivity contribution is 5.85. The highest BCUT2D eigenvalue weighted by Gasteiger charge is 2.41. The highest BCUT2D eigenvalue weighted by atomic mass is 16.5. The summed E-state index contributed by atoms with van der Waals surface area (Å²) in [7, 11) is 0. The van der Waals surface area contributed by atoms with Gasteiger partial charge in [0.1, 0.15) is 5.82 Å². The van der Waals surface area contributed by atoms with Crippen molar-refractivity contribution < 1.29 is 14.6 Å². The Bertz CT molecular complexity index is 916. The maximum Gasteiger partial charge on any atom is 0.347 e. The van der Waals surface area contributed by atoms with Gasteiger partial charge in [0.15, 0.2) is 0 Å². The third-order valence-electron chi connectivity index (χ3n) is 4.87. The van der Waals surface area contributed by atoms with Crippen molar-refractivity contribution in [1.82, 2.24) is 9.55 Å². The van der Waals surface area contributed by atoms with Crippen molar-refractivity contribution in [3.8, 4) is 0 Å². The number of nitrogens with zero attached hydrogens (tertiary/aromatic N) is 2. The van der Waals surface area contributed by atoms with Crippen molar-refractivity contribution in [1.29, 1.82) is 0 Å². The molecule has 1 aromatic heterocycles. The van der Waals surface area contributed by atoms with Gasteiger partial charge in [-0.3, -0.25) is 0 Å².